The summed E-state index contributed by atoms with van der Waals surface area (Å²) in [7, 11) is 0. The van der Waals surface area contributed by atoms with E-state index in [1.54, 1.807) is 0 Å². The molecule has 1 aromatic heterocycles. The predicted molar refractivity (Wildman–Crippen MR) is 101 cm³/mol. The number of piperidine rings is 2. The highest BCUT2D eigenvalue weighted by Gasteiger charge is 2.42. The highest BCUT2D eigenvalue weighted by Crippen LogP contribution is 2.36. The maximum absolute atomic E-state index is 6.44. The van der Waals surface area contributed by atoms with Gasteiger partial charge in [0.05, 0.1) is 5.41 Å². The van der Waals surface area contributed by atoms with Crippen molar-refractivity contribution < 1.29 is 9.57 Å². The fraction of sp³-hybridized carbons (Fsp3) is 0.700. The van der Waals surface area contributed by atoms with Gasteiger partial charge in [0.15, 0.2) is 6.61 Å². The van der Waals surface area contributed by atoms with Gasteiger partial charge in [-0.05, 0) is 69.9 Å². The number of pyridine rings is 1. The lowest BCUT2D eigenvalue weighted by molar-refractivity contribution is -0.0242. The topological polar surface area (TPSA) is 59.0 Å². The molecule has 1 N–H and O–H groups in total. The monoisotopic (exact) mass is 358 g/mol. The Kier molecular flexibility index (Phi) is 5.70. The number of hydrogen-bond donors (Lipinski definition) is 1. The number of ether oxygens (including phenoxy) is 1. The summed E-state index contributed by atoms with van der Waals surface area (Å²) in [6.45, 7) is 5.83. The lowest BCUT2D eigenvalue weighted by Crippen LogP contribution is -2.49. The number of likely N-dealkylation sites (tertiary alicyclic amines) is 1. The number of oxime groups is 1. The van der Waals surface area contributed by atoms with E-state index in [0.717, 1.165) is 44.8 Å². The molecule has 4 heterocycles. The van der Waals surface area contributed by atoms with Crippen molar-refractivity contribution in [1.82, 2.24) is 15.2 Å². The molecule has 1 aromatic rings. The Labute approximate surface area is 155 Å². The molecule has 2 saturated heterocycles. The van der Waals surface area contributed by atoms with Crippen molar-refractivity contribution in [2.24, 2.45) is 10.6 Å². The first-order chi connectivity index (χ1) is 12.8. The predicted octanol–water partition coefficient (Wildman–Crippen LogP) is 2.21. The third-order valence-electron chi connectivity index (χ3n) is 5.88. The van der Waals surface area contributed by atoms with Gasteiger partial charge < -0.3 is 14.9 Å². The highest BCUT2D eigenvalue weighted by molar-refractivity contribution is 5.83. The zero-order valence-electron chi connectivity index (χ0n) is 15.5. The number of rotatable bonds is 5. The summed E-state index contributed by atoms with van der Waals surface area (Å²) in [6.07, 6.45) is 10.7. The minimum Gasteiger partial charge on any atom is -0.470 e. The summed E-state index contributed by atoms with van der Waals surface area (Å²) in [6, 6.07) is 4.15. The van der Waals surface area contributed by atoms with Crippen molar-refractivity contribution in [1.29, 1.82) is 0 Å². The fourth-order valence-electron chi connectivity index (χ4n) is 4.40. The first kappa shape index (κ1) is 17.7. The number of hydrogen-bond acceptors (Lipinski definition) is 6. The molecule has 26 heavy (non-hydrogen) atoms. The van der Waals surface area contributed by atoms with Crippen LogP contribution in [0.2, 0.25) is 0 Å². The van der Waals surface area contributed by atoms with Crippen molar-refractivity contribution in [3.63, 3.8) is 0 Å². The molecule has 0 aliphatic carbocycles. The molecule has 4 rings (SSSR count). The summed E-state index contributed by atoms with van der Waals surface area (Å²) in [5.74, 6) is 0.802. The van der Waals surface area contributed by atoms with Gasteiger partial charge in [-0.1, -0.05) is 17.6 Å². The molecule has 2 fully saturated rings. The maximum atomic E-state index is 6.44. The van der Waals surface area contributed by atoms with Gasteiger partial charge in [-0.2, -0.15) is 0 Å². The third-order valence-corrected chi connectivity index (χ3v) is 5.88. The SMILES string of the molecule is c1cncc(CC2(C3=NOC[C@@H](CN4CCCCC4)O3)CCNCC2)c1. The van der Waals surface area contributed by atoms with Crippen LogP contribution in [0.1, 0.15) is 37.7 Å². The third kappa shape index (κ3) is 4.18. The Balaban J connectivity index is 1.47. The summed E-state index contributed by atoms with van der Waals surface area (Å²) in [4.78, 5) is 12.4. The maximum Gasteiger partial charge on any atom is 0.232 e. The van der Waals surface area contributed by atoms with Crippen LogP contribution in [0.3, 0.4) is 0 Å². The van der Waals surface area contributed by atoms with E-state index >= 15 is 0 Å². The largest absolute Gasteiger partial charge is 0.470 e. The number of nitrogens with zero attached hydrogens (tertiary/aromatic N) is 3. The Morgan fingerprint density at radius 1 is 1.19 bits per heavy atom. The average molecular weight is 358 g/mol. The van der Waals surface area contributed by atoms with Crippen molar-refractivity contribution >= 4 is 5.90 Å². The quantitative estimate of drug-likeness (QED) is 0.874. The van der Waals surface area contributed by atoms with Crippen LogP contribution in [0, 0.1) is 5.41 Å². The van der Waals surface area contributed by atoms with E-state index in [1.807, 2.05) is 18.5 Å². The molecule has 0 saturated carbocycles. The van der Waals surface area contributed by atoms with Gasteiger partial charge in [-0.15, -0.1) is 0 Å². The smallest absolute Gasteiger partial charge is 0.232 e. The fourth-order valence-corrected chi connectivity index (χ4v) is 4.40. The molecular formula is C20H30N4O2. The summed E-state index contributed by atoms with van der Waals surface area (Å²) < 4.78 is 6.44. The van der Waals surface area contributed by atoms with Gasteiger partial charge in [-0.25, -0.2) is 0 Å². The van der Waals surface area contributed by atoms with E-state index in [2.05, 4.69) is 26.4 Å². The molecule has 6 heteroatoms. The van der Waals surface area contributed by atoms with Crippen LogP contribution in [0.25, 0.3) is 0 Å². The Bertz CT molecular complexity index is 595. The molecule has 0 spiro atoms. The van der Waals surface area contributed by atoms with Crippen LogP contribution >= 0.6 is 0 Å². The Hall–Kier alpha value is -1.66. The zero-order chi connectivity index (χ0) is 17.7. The molecule has 3 aliphatic rings. The first-order valence-electron chi connectivity index (χ1n) is 10.0. The highest BCUT2D eigenvalue weighted by atomic mass is 16.7. The number of nitrogens with one attached hydrogen (secondary N) is 1. The average Bonchev–Trinajstić information content (AvgIpc) is 2.70. The van der Waals surface area contributed by atoms with Gasteiger partial charge in [0.2, 0.25) is 5.90 Å². The van der Waals surface area contributed by atoms with Crippen LogP contribution in [0.4, 0.5) is 0 Å². The van der Waals surface area contributed by atoms with Crippen molar-refractivity contribution in [2.75, 3.05) is 39.3 Å². The first-order valence-corrected chi connectivity index (χ1v) is 10.0. The van der Waals surface area contributed by atoms with Gasteiger partial charge in [0.1, 0.15) is 6.10 Å². The van der Waals surface area contributed by atoms with Crippen LogP contribution in [0.5, 0.6) is 0 Å². The molecule has 0 unspecified atom stereocenters. The zero-order valence-corrected chi connectivity index (χ0v) is 15.5. The molecule has 0 amide bonds. The normalized spacial score (nSPS) is 26.5. The van der Waals surface area contributed by atoms with Gasteiger partial charge in [0, 0.05) is 18.9 Å². The summed E-state index contributed by atoms with van der Waals surface area (Å²) in [5.41, 5.74) is 1.15. The van der Waals surface area contributed by atoms with E-state index in [4.69, 9.17) is 9.57 Å². The summed E-state index contributed by atoms with van der Waals surface area (Å²) >= 11 is 0. The minimum absolute atomic E-state index is 0.0845. The van der Waals surface area contributed by atoms with E-state index in [1.165, 1.54) is 37.9 Å². The second-order valence-corrected chi connectivity index (χ2v) is 7.86. The van der Waals surface area contributed by atoms with Crippen LogP contribution in [0.15, 0.2) is 29.7 Å². The standard InChI is InChI=1S/C20H30N4O2/c1-2-11-24(12-3-1)15-18-16-25-23-19(26-18)20(6-9-21-10-7-20)13-17-5-4-8-22-14-17/h4-5,8,14,18,21H,1-3,6-7,9-13,15-16H2/t18-/m1/s1. The molecule has 0 bridgehead atoms. The van der Waals surface area contributed by atoms with E-state index in [0.29, 0.717) is 6.61 Å². The van der Waals surface area contributed by atoms with Crippen molar-refractivity contribution in [3.8, 4) is 0 Å². The van der Waals surface area contributed by atoms with Gasteiger partial charge in [-0.3, -0.25) is 9.88 Å². The van der Waals surface area contributed by atoms with Crippen LogP contribution in [-0.4, -0.2) is 61.2 Å². The molecular weight excluding hydrogens is 328 g/mol. The number of aromatic nitrogens is 1. The summed E-state index contributed by atoms with van der Waals surface area (Å²) in [5, 5.41) is 7.86. The van der Waals surface area contributed by atoms with Crippen molar-refractivity contribution in [2.45, 2.75) is 44.6 Å². The Morgan fingerprint density at radius 2 is 2.04 bits per heavy atom. The van der Waals surface area contributed by atoms with Crippen molar-refractivity contribution in [3.05, 3.63) is 30.1 Å². The van der Waals surface area contributed by atoms with Gasteiger partial charge >= 0.3 is 0 Å². The lowest BCUT2D eigenvalue weighted by atomic mass is 9.74. The second kappa shape index (κ2) is 8.35. The van der Waals surface area contributed by atoms with E-state index in [-0.39, 0.29) is 11.5 Å². The molecule has 0 aromatic carbocycles. The molecule has 142 valence electrons. The van der Waals surface area contributed by atoms with Crippen LogP contribution < -0.4 is 5.32 Å². The molecule has 1 atom stereocenters. The molecule has 6 nitrogen and oxygen atoms in total. The minimum atomic E-state index is -0.0884. The van der Waals surface area contributed by atoms with Crippen LogP contribution in [-0.2, 0) is 16.0 Å². The molecule has 0 radical (unpaired) electrons. The Morgan fingerprint density at radius 3 is 2.81 bits per heavy atom. The van der Waals surface area contributed by atoms with E-state index < -0.39 is 0 Å². The second-order valence-electron chi connectivity index (χ2n) is 7.86. The van der Waals surface area contributed by atoms with Gasteiger partial charge in [0.25, 0.3) is 0 Å². The molecule has 3 aliphatic heterocycles. The van der Waals surface area contributed by atoms with E-state index in [9.17, 15) is 0 Å². The lowest BCUT2D eigenvalue weighted by Gasteiger charge is -2.41.